The Labute approximate surface area is 191 Å². The molecule has 1 aliphatic carbocycles. The van der Waals surface area contributed by atoms with Gasteiger partial charge in [0.1, 0.15) is 9.90 Å². The summed E-state index contributed by atoms with van der Waals surface area (Å²) in [7, 11) is -3.84. The summed E-state index contributed by atoms with van der Waals surface area (Å²) in [5.74, 6) is -1.10. The van der Waals surface area contributed by atoms with Crippen LogP contribution in [0.15, 0.2) is 23.1 Å². The van der Waals surface area contributed by atoms with E-state index in [0.29, 0.717) is 10.6 Å². The molecule has 3 N–H and O–H groups in total. The number of hydrogen-bond donors (Lipinski definition) is 2. The molecule has 1 aromatic carbocycles. The fourth-order valence-corrected chi connectivity index (χ4v) is 7.06. The van der Waals surface area contributed by atoms with Crippen molar-refractivity contribution in [2.24, 2.45) is 5.73 Å². The highest BCUT2D eigenvalue weighted by Crippen LogP contribution is 2.37. The largest absolute Gasteiger partial charge is 0.365 e. The number of rotatable bonds is 7. The molecule has 2 amide bonds. The minimum absolute atomic E-state index is 0.0455. The van der Waals surface area contributed by atoms with E-state index < -0.39 is 21.8 Å². The topological polar surface area (TPSA) is 110 Å². The first kappa shape index (κ1) is 23.7. The van der Waals surface area contributed by atoms with Gasteiger partial charge < -0.3 is 11.1 Å². The lowest BCUT2D eigenvalue weighted by Gasteiger charge is -2.19. The van der Waals surface area contributed by atoms with Gasteiger partial charge in [-0.2, -0.15) is 4.31 Å². The molecule has 0 bridgehead atoms. The maximum atomic E-state index is 13.0. The normalized spacial score (nSPS) is 14.2. The van der Waals surface area contributed by atoms with E-state index in [9.17, 15) is 18.0 Å². The maximum absolute atomic E-state index is 13.0. The van der Waals surface area contributed by atoms with Crippen LogP contribution in [0.25, 0.3) is 0 Å². The van der Waals surface area contributed by atoms with Crippen molar-refractivity contribution < 1.29 is 18.0 Å². The third-order valence-electron chi connectivity index (χ3n) is 5.41. The Kier molecular flexibility index (Phi) is 7.41. The highest BCUT2D eigenvalue weighted by molar-refractivity contribution is 7.89. The number of hydrogen-bond acceptors (Lipinski definition) is 5. The van der Waals surface area contributed by atoms with Gasteiger partial charge in [0.2, 0.25) is 10.0 Å². The Morgan fingerprint density at radius 3 is 2.48 bits per heavy atom. The molecule has 0 fully saturated rings. The Hall–Kier alpha value is -1.94. The smallest absolute Gasteiger partial charge is 0.256 e. The zero-order valence-corrected chi connectivity index (χ0v) is 19.9. The van der Waals surface area contributed by atoms with Gasteiger partial charge in [-0.25, -0.2) is 8.42 Å². The first-order chi connectivity index (χ1) is 14.7. The lowest BCUT2D eigenvalue weighted by molar-refractivity contribution is 0.100. The number of benzene rings is 1. The number of fused-ring (bicyclic) bond motifs is 1. The zero-order chi connectivity index (χ0) is 22.8. The van der Waals surface area contributed by atoms with Crippen molar-refractivity contribution in [3.05, 3.63) is 44.8 Å². The van der Waals surface area contributed by atoms with Gasteiger partial charge in [-0.1, -0.05) is 31.9 Å². The van der Waals surface area contributed by atoms with Crippen molar-refractivity contribution in [1.82, 2.24) is 4.31 Å². The molecule has 1 aromatic heterocycles. The number of amides is 2. The molecule has 3 rings (SSSR count). The summed E-state index contributed by atoms with van der Waals surface area (Å²) in [4.78, 5) is 26.0. The van der Waals surface area contributed by atoms with E-state index in [1.165, 1.54) is 33.8 Å². The van der Waals surface area contributed by atoms with Crippen molar-refractivity contribution >= 4 is 49.8 Å². The molecule has 2 aromatic rings. The molecule has 0 atom stereocenters. The summed E-state index contributed by atoms with van der Waals surface area (Å²) in [5, 5.41) is 3.22. The minimum Gasteiger partial charge on any atom is -0.365 e. The standard InChI is InChI=1S/C21H26ClN3O4S2/c1-3-25(4-2)31(28,29)17-12-13(10-11-15(17)22)20(27)24-21-18(19(23)26)14-8-6-5-7-9-16(14)30-21/h10-12H,3-9H2,1-2H3,(H2,23,26)(H,24,27). The highest BCUT2D eigenvalue weighted by Gasteiger charge is 2.27. The molecule has 0 unspecified atom stereocenters. The second-order valence-electron chi connectivity index (χ2n) is 7.32. The zero-order valence-electron chi connectivity index (χ0n) is 17.5. The van der Waals surface area contributed by atoms with Crippen LogP contribution < -0.4 is 11.1 Å². The quantitative estimate of drug-likeness (QED) is 0.579. The molecule has 1 heterocycles. The van der Waals surface area contributed by atoms with E-state index in [-0.39, 0.29) is 28.6 Å². The molecular formula is C21H26ClN3O4S2. The lowest BCUT2D eigenvalue weighted by Crippen LogP contribution is -2.31. The van der Waals surface area contributed by atoms with Gasteiger partial charge in [-0.15, -0.1) is 11.3 Å². The first-order valence-electron chi connectivity index (χ1n) is 10.3. The SMILES string of the molecule is CCN(CC)S(=O)(=O)c1cc(C(=O)Nc2sc3c(c2C(N)=O)CCCCC3)ccc1Cl. The molecule has 1 aliphatic rings. The molecule has 0 spiro atoms. The highest BCUT2D eigenvalue weighted by atomic mass is 35.5. The second-order valence-corrected chi connectivity index (χ2v) is 10.7. The van der Waals surface area contributed by atoms with E-state index in [1.54, 1.807) is 13.8 Å². The predicted octanol–water partition coefficient (Wildman–Crippen LogP) is 4.05. The molecular weight excluding hydrogens is 458 g/mol. The van der Waals surface area contributed by atoms with Gasteiger partial charge in [0.15, 0.2) is 0 Å². The number of aryl methyl sites for hydroxylation is 1. The monoisotopic (exact) mass is 483 g/mol. The molecule has 0 saturated carbocycles. The Morgan fingerprint density at radius 1 is 1.16 bits per heavy atom. The van der Waals surface area contributed by atoms with Gasteiger partial charge in [-0.05, 0) is 49.4 Å². The predicted molar refractivity (Wildman–Crippen MR) is 124 cm³/mol. The van der Waals surface area contributed by atoms with Crippen LogP contribution in [0.2, 0.25) is 5.02 Å². The number of sulfonamides is 1. The van der Waals surface area contributed by atoms with Gasteiger partial charge in [-0.3, -0.25) is 9.59 Å². The van der Waals surface area contributed by atoms with Crippen LogP contribution in [0.3, 0.4) is 0 Å². The molecule has 0 saturated heterocycles. The number of anilines is 1. The van der Waals surface area contributed by atoms with E-state index in [2.05, 4.69) is 5.32 Å². The number of thiophene rings is 1. The summed E-state index contributed by atoms with van der Waals surface area (Å²) in [6, 6.07) is 4.13. The third-order valence-corrected chi connectivity index (χ3v) is 9.15. The van der Waals surface area contributed by atoms with E-state index in [1.807, 2.05) is 0 Å². The van der Waals surface area contributed by atoms with E-state index >= 15 is 0 Å². The number of primary amides is 1. The average Bonchev–Trinajstić information content (AvgIpc) is 2.89. The summed E-state index contributed by atoms with van der Waals surface area (Å²) in [5.41, 5.74) is 7.04. The van der Waals surface area contributed by atoms with Gasteiger partial charge in [0.05, 0.1) is 10.6 Å². The molecule has 10 heteroatoms. The van der Waals surface area contributed by atoms with Crippen LogP contribution >= 0.6 is 22.9 Å². The van der Waals surface area contributed by atoms with Crippen molar-refractivity contribution in [3.8, 4) is 0 Å². The number of carbonyl (C=O) groups excluding carboxylic acids is 2. The number of nitrogens with zero attached hydrogens (tertiary/aromatic N) is 1. The van der Waals surface area contributed by atoms with Crippen LogP contribution in [0, 0.1) is 0 Å². The first-order valence-corrected chi connectivity index (χ1v) is 12.9. The van der Waals surface area contributed by atoms with Crippen LogP contribution in [0.5, 0.6) is 0 Å². The maximum Gasteiger partial charge on any atom is 0.256 e. The summed E-state index contributed by atoms with van der Waals surface area (Å²) < 4.78 is 27.1. The Morgan fingerprint density at radius 2 is 1.84 bits per heavy atom. The van der Waals surface area contributed by atoms with Crippen molar-refractivity contribution in [2.45, 2.75) is 50.8 Å². The fourth-order valence-electron chi connectivity index (χ4n) is 3.81. The molecule has 31 heavy (non-hydrogen) atoms. The van der Waals surface area contributed by atoms with Crippen LogP contribution in [-0.4, -0.2) is 37.6 Å². The third kappa shape index (κ3) is 4.79. The van der Waals surface area contributed by atoms with Crippen molar-refractivity contribution in [2.75, 3.05) is 18.4 Å². The summed E-state index contributed by atoms with van der Waals surface area (Å²) in [6.07, 6.45) is 4.70. The van der Waals surface area contributed by atoms with Crippen LogP contribution in [0.4, 0.5) is 5.00 Å². The lowest BCUT2D eigenvalue weighted by atomic mass is 10.1. The van der Waals surface area contributed by atoms with E-state index in [4.69, 9.17) is 17.3 Å². The summed E-state index contributed by atoms with van der Waals surface area (Å²) in [6.45, 7) is 4.04. The van der Waals surface area contributed by atoms with Gasteiger partial charge in [0.25, 0.3) is 11.8 Å². The Bertz CT molecular complexity index is 1110. The molecule has 168 valence electrons. The molecule has 0 aliphatic heterocycles. The summed E-state index contributed by atoms with van der Waals surface area (Å²) >= 11 is 7.52. The minimum atomic E-state index is -3.84. The van der Waals surface area contributed by atoms with Crippen molar-refractivity contribution in [1.29, 1.82) is 0 Å². The number of halogens is 1. The van der Waals surface area contributed by atoms with Crippen LogP contribution in [-0.2, 0) is 22.9 Å². The number of nitrogens with one attached hydrogen (secondary N) is 1. The number of nitrogens with two attached hydrogens (primary N) is 1. The molecule has 7 nitrogen and oxygen atoms in total. The van der Waals surface area contributed by atoms with Gasteiger partial charge >= 0.3 is 0 Å². The fraction of sp³-hybridized carbons (Fsp3) is 0.429. The van der Waals surface area contributed by atoms with Crippen LogP contribution in [0.1, 0.15) is 64.3 Å². The van der Waals surface area contributed by atoms with Crippen molar-refractivity contribution in [3.63, 3.8) is 0 Å². The second kappa shape index (κ2) is 9.68. The number of carbonyl (C=O) groups is 2. The molecule has 0 radical (unpaired) electrons. The van der Waals surface area contributed by atoms with Gasteiger partial charge in [0, 0.05) is 23.5 Å². The average molecular weight is 484 g/mol. The van der Waals surface area contributed by atoms with E-state index in [0.717, 1.165) is 42.5 Å². The Balaban J connectivity index is 1.96.